The van der Waals surface area contributed by atoms with Crippen molar-refractivity contribution in [3.05, 3.63) is 36.8 Å². The van der Waals surface area contributed by atoms with Gasteiger partial charge in [-0.25, -0.2) is 0 Å². The van der Waals surface area contributed by atoms with Gasteiger partial charge in [-0.05, 0) is 0 Å². The van der Waals surface area contributed by atoms with E-state index in [-0.39, 0.29) is 5.75 Å². The molecule has 0 aromatic heterocycles. The maximum atomic E-state index is 11.7. The van der Waals surface area contributed by atoms with Gasteiger partial charge in [-0.2, -0.15) is 27.3 Å². The van der Waals surface area contributed by atoms with Gasteiger partial charge in [0.25, 0.3) is 0 Å². The molecular formula is C8H7BrF2OZn. The Morgan fingerprint density at radius 3 is 2.31 bits per heavy atom. The fourth-order valence-electron chi connectivity index (χ4n) is 0.715. The zero-order chi connectivity index (χ0) is 10.3. The van der Waals surface area contributed by atoms with E-state index in [4.69, 9.17) is 0 Å². The molecule has 0 N–H and O–H groups in total. The van der Waals surface area contributed by atoms with Crippen LogP contribution in [0.5, 0.6) is 5.75 Å². The minimum atomic E-state index is -2.78. The third-order valence-corrected chi connectivity index (χ3v) is 1.19. The van der Waals surface area contributed by atoms with E-state index >= 15 is 0 Å². The van der Waals surface area contributed by atoms with Crippen LogP contribution in [0.15, 0.2) is 24.3 Å². The molecule has 0 saturated carbocycles. The molecule has 0 aliphatic rings. The second-order valence-electron chi connectivity index (χ2n) is 1.99. The Balaban J connectivity index is 0.000000671. The molecule has 13 heavy (non-hydrogen) atoms. The van der Waals surface area contributed by atoms with E-state index in [2.05, 4.69) is 25.3 Å². The molecule has 1 aromatic carbocycles. The summed E-state index contributed by atoms with van der Waals surface area (Å²) in [4.78, 5) is 0. The number of rotatable bonds is 2. The van der Waals surface area contributed by atoms with Crippen LogP contribution in [0.4, 0.5) is 8.78 Å². The Kier molecular flexibility index (Phi) is 7.19. The van der Waals surface area contributed by atoms with Gasteiger partial charge in [0.2, 0.25) is 0 Å². The van der Waals surface area contributed by atoms with Gasteiger partial charge in [0, 0.05) is 5.75 Å². The van der Waals surface area contributed by atoms with E-state index in [0.717, 1.165) is 0 Å². The third kappa shape index (κ3) is 5.22. The molecule has 68 valence electrons. The van der Waals surface area contributed by atoms with E-state index in [1.165, 1.54) is 22.4 Å². The minimum absolute atomic E-state index is 0.127. The molecule has 0 bridgehead atoms. The van der Waals surface area contributed by atoms with Crippen LogP contribution in [0.2, 0.25) is 0 Å². The van der Waals surface area contributed by atoms with Gasteiger partial charge in [0.15, 0.2) is 0 Å². The van der Waals surface area contributed by atoms with Crippen molar-refractivity contribution in [3.63, 3.8) is 0 Å². The summed E-state index contributed by atoms with van der Waals surface area (Å²) in [7, 11) is 0. The van der Waals surface area contributed by atoms with Gasteiger partial charge in [-0.3, -0.25) is 0 Å². The van der Waals surface area contributed by atoms with Crippen LogP contribution in [-0.2, 0) is 16.3 Å². The van der Waals surface area contributed by atoms with Crippen molar-refractivity contribution in [2.45, 2.75) is 6.61 Å². The van der Waals surface area contributed by atoms with Crippen molar-refractivity contribution in [1.82, 2.24) is 0 Å². The summed E-state index contributed by atoms with van der Waals surface area (Å²) >= 11 is 4.25. The van der Waals surface area contributed by atoms with Gasteiger partial charge in [0.05, 0.1) is 0 Å². The van der Waals surface area contributed by atoms with E-state index < -0.39 is 6.61 Å². The summed E-state index contributed by atoms with van der Waals surface area (Å²) in [6, 6.07) is 6.39. The van der Waals surface area contributed by atoms with Crippen LogP contribution in [0.25, 0.3) is 0 Å². The Morgan fingerprint density at radius 1 is 1.31 bits per heavy atom. The average molecular weight is 302 g/mol. The topological polar surface area (TPSA) is 9.23 Å². The SMILES string of the molecule is [CH2-]c1ccccc1OC(F)F.[Zn+][Br]. The molecule has 0 unspecified atom stereocenters. The summed E-state index contributed by atoms with van der Waals surface area (Å²) in [6.45, 7) is 0.736. The summed E-state index contributed by atoms with van der Waals surface area (Å²) in [5.74, 6) is 0.127. The van der Waals surface area contributed by atoms with Crippen molar-refractivity contribution in [1.29, 1.82) is 0 Å². The second kappa shape index (κ2) is 7.28. The number of alkyl halides is 2. The number of para-hydroxylation sites is 1. The van der Waals surface area contributed by atoms with Crippen molar-refractivity contribution in [2.24, 2.45) is 0 Å². The average Bonchev–Trinajstić information content (AvgIpc) is 2.12. The van der Waals surface area contributed by atoms with Crippen LogP contribution < -0.4 is 4.74 Å². The number of ether oxygens (including phenoxy) is 1. The molecule has 0 fully saturated rings. The van der Waals surface area contributed by atoms with Gasteiger partial charge in [-0.1, -0.05) is 12.1 Å². The molecule has 0 aliphatic carbocycles. The first kappa shape index (κ1) is 12.9. The predicted octanol–water partition coefficient (Wildman–Crippen LogP) is 3.31. The molecule has 0 saturated heterocycles. The first-order chi connectivity index (χ1) is 6.20. The molecule has 1 rings (SSSR count). The molecule has 0 aliphatic heterocycles. The van der Waals surface area contributed by atoms with E-state index in [1.54, 1.807) is 18.2 Å². The second-order valence-corrected chi connectivity index (χ2v) is 1.99. The van der Waals surface area contributed by atoms with Crippen molar-refractivity contribution < 1.29 is 29.9 Å². The van der Waals surface area contributed by atoms with E-state index in [1.807, 2.05) is 0 Å². The zero-order valence-corrected chi connectivity index (χ0v) is 11.4. The van der Waals surface area contributed by atoms with Crippen LogP contribution in [0, 0.1) is 6.92 Å². The Morgan fingerprint density at radius 2 is 1.85 bits per heavy atom. The van der Waals surface area contributed by atoms with E-state index in [0.29, 0.717) is 5.56 Å². The molecule has 0 atom stereocenters. The summed E-state index contributed by atoms with van der Waals surface area (Å²) in [5, 5.41) is 0. The van der Waals surface area contributed by atoms with Gasteiger partial charge < -0.3 is 4.74 Å². The summed E-state index contributed by atoms with van der Waals surface area (Å²) in [5.41, 5.74) is 0.466. The van der Waals surface area contributed by atoms with Crippen molar-refractivity contribution in [2.75, 3.05) is 0 Å². The van der Waals surface area contributed by atoms with Crippen molar-refractivity contribution >= 4 is 13.6 Å². The molecule has 1 nitrogen and oxygen atoms in total. The van der Waals surface area contributed by atoms with Crippen molar-refractivity contribution in [3.8, 4) is 5.75 Å². The molecule has 5 heteroatoms. The normalized spacial score (nSPS) is 9.08. The fraction of sp³-hybridized carbons (Fsp3) is 0.125. The Bertz CT molecular complexity index is 245. The Hall–Kier alpha value is -0.147. The number of halogens is 3. The molecule has 0 radical (unpaired) electrons. The summed E-state index contributed by atoms with van der Waals surface area (Å²) < 4.78 is 27.5. The first-order valence-electron chi connectivity index (χ1n) is 3.32. The van der Waals surface area contributed by atoms with Crippen LogP contribution in [0.3, 0.4) is 0 Å². The monoisotopic (exact) mass is 300 g/mol. The number of hydrogen-bond acceptors (Lipinski definition) is 1. The summed E-state index contributed by atoms with van der Waals surface area (Å²) in [6.07, 6.45) is 0. The van der Waals surface area contributed by atoms with Gasteiger partial charge in [0.1, 0.15) is 0 Å². The van der Waals surface area contributed by atoms with Gasteiger partial charge in [-0.15, -0.1) is 6.07 Å². The maximum absolute atomic E-state index is 11.7. The molecule has 0 spiro atoms. The molecule has 0 amide bonds. The number of hydrogen-bond donors (Lipinski definition) is 0. The fourth-order valence-corrected chi connectivity index (χ4v) is 0.715. The molecule has 1 aromatic rings. The first-order valence-corrected chi connectivity index (χ1v) is 10.3. The van der Waals surface area contributed by atoms with Crippen LogP contribution >= 0.6 is 13.6 Å². The standard InChI is InChI=1S/C8H7F2O.BrH.Zn/c1-6-4-2-3-5-7(6)11-8(9)10;;/h2-5,8H,1H2;1H;/q-1;;+2/p-1. The van der Waals surface area contributed by atoms with E-state index in [9.17, 15) is 8.78 Å². The molecular weight excluding hydrogens is 295 g/mol. The van der Waals surface area contributed by atoms with Gasteiger partial charge >= 0.3 is 36.6 Å². The zero-order valence-electron chi connectivity index (χ0n) is 6.84. The third-order valence-electron chi connectivity index (χ3n) is 1.19. The quantitative estimate of drug-likeness (QED) is 0.601. The number of benzene rings is 1. The predicted molar refractivity (Wildman–Crippen MR) is 46.5 cm³/mol. The van der Waals surface area contributed by atoms with Crippen LogP contribution in [-0.4, -0.2) is 6.61 Å². The molecule has 0 heterocycles. The van der Waals surface area contributed by atoms with Crippen LogP contribution in [0.1, 0.15) is 5.56 Å². The Labute approximate surface area is 92.5 Å².